The highest BCUT2D eigenvalue weighted by atomic mass is 16.5. The van der Waals surface area contributed by atoms with Gasteiger partial charge in [0.1, 0.15) is 0 Å². The van der Waals surface area contributed by atoms with Crippen LogP contribution in [0.4, 0.5) is 5.69 Å². The van der Waals surface area contributed by atoms with Gasteiger partial charge in [-0.3, -0.25) is 0 Å². The lowest BCUT2D eigenvalue weighted by atomic mass is 9.97. The van der Waals surface area contributed by atoms with Gasteiger partial charge >= 0.3 is 0 Å². The first-order valence-electron chi connectivity index (χ1n) is 6.99. The molecule has 1 heterocycles. The van der Waals surface area contributed by atoms with Gasteiger partial charge in [0, 0.05) is 19.3 Å². The molecule has 0 unspecified atom stereocenters. The van der Waals surface area contributed by atoms with Crippen LogP contribution in [0, 0.1) is 6.92 Å². The highest BCUT2D eigenvalue weighted by Gasteiger charge is 2.24. The largest absolute Gasteiger partial charge is 0.383 e. The molecule has 1 aliphatic heterocycles. The molecule has 0 bridgehead atoms. The Hall–Kier alpha value is -1.02. The summed E-state index contributed by atoms with van der Waals surface area (Å²) in [6.45, 7) is 8.73. The van der Waals surface area contributed by atoms with Gasteiger partial charge < -0.3 is 9.64 Å². The average Bonchev–Trinajstić information content (AvgIpc) is 2.77. The highest BCUT2D eigenvalue weighted by molar-refractivity contribution is 5.53. The second-order valence-electron chi connectivity index (χ2n) is 5.64. The van der Waals surface area contributed by atoms with E-state index in [1.807, 2.05) is 0 Å². The number of benzene rings is 1. The number of hydrogen-bond donors (Lipinski definition) is 0. The van der Waals surface area contributed by atoms with Crippen LogP contribution in [0.15, 0.2) is 18.2 Å². The van der Waals surface area contributed by atoms with Crippen LogP contribution >= 0.6 is 0 Å². The molecule has 0 aliphatic carbocycles. The second-order valence-corrected chi connectivity index (χ2v) is 5.64. The molecular formula is C16H25NO. The summed E-state index contributed by atoms with van der Waals surface area (Å²) in [5.41, 5.74) is 4.23. The molecule has 1 saturated heterocycles. The minimum Gasteiger partial charge on any atom is -0.383 e. The highest BCUT2D eigenvalue weighted by Crippen LogP contribution is 2.29. The summed E-state index contributed by atoms with van der Waals surface area (Å²) in [4.78, 5) is 2.50. The summed E-state index contributed by atoms with van der Waals surface area (Å²) in [6.07, 6.45) is 2.53. The lowest BCUT2D eigenvalue weighted by Gasteiger charge is -2.27. The third kappa shape index (κ3) is 2.69. The molecule has 1 fully saturated rings. The van der Waals surface area contributed by atoms with Crippen LogP contribution < -0.4 is 4.90 Å². The smallest absolute Gasteiger partial charge is 0.0666 e. The zero-order valence-electron chi connectivity index (χ0n) is 12.1. The van der Waals surface area contributed by atoms with Crippen molar-refractivity contribution >= 4 is 5.69 Å². The molecule has 1 aromatic carbocycles. The number of methoxy groups -OCH3 is 1. The molecular weight excluding hydrogens is 222 g/mol. The van der Waals surface area contributed by atoms with Gasteiger partial charge in [-0.15, -0.1) is 0 Å². The molecule has 0 aromatic heterocycles. The molecule has 2 nitrogen and oxygen atoms in total. The van der Waals surface area contributed by atoms with Crippen molar-refractivity contribution in [3.05, 3.63) is 29.3 Å². The van der Waals surface area contributed by atoms with E-state index in [0.29, 0.717) is 12.0 Å². The molecule has 0 saturated carbocycles. The number of nitrogens with zero attached hydrogens (tertiary/aromatic N) is 1. The van der Waals surface area contributed by atoms with Crippen molar-refractivity contribution in [2.45, 2.75) is 45.6 Å². The lowest BCUT2D eigenvalue weighted by Crippen LogP contribution is -2.32. The van der Waals surface area contributed by atoms with Crippen LogP contribution in [0.2, 0.25) is 0 Å². The van der Waals surface area contributed by atoms with Crippen LogP contribution in [0.25, 0.3) is 0 Å². The van der Waals surface area contributed by atoms with E-state index in [2.05, 4.69) is 43.9 Å². The predicted octanol–water partition coefficient (Wildman–Crippen LogP) is 3.73. The van der Waals surface area contributed by atoms with Crippen LogP contribution in [-0.2, 0) is 4.74 Å². The van der Waals surface area contributed by atoms with Crippen molar-refractivity contribution in [1.82, 2.24) is 0 Å². The number of anilines is 1. The molecule has 18 heavy (non-hydrogen) atoms. The van der Waals surface area contributed by atoms with Gasteiger partial charge in [0.2, 0.25) is 0 Å². The molecule has 1 aliphatic rings. The first-order chi connectivity index (χ1) is 8.63. The molecule has 2 rings (SSSR count). The minimum absolute atomic E-state index is 0.555. The molecule has 2 heteroatoms. The normalized spacial score (nSPS) is 19.8. The standard InChI is InChI=1S/C16H25NO/c1-12(2)16-8-7-14(10-13(16)3)17-9-5-6-15(17)11-18-4/h7-8,10,12,15H,5-6,9,11H2,1-4H3/t15-/m1/s1. The summed E-state index contributed by atoms with van der Waals surface area (Å²) in [6, 6.07) is 7.45. The van der Waals surface area contributed by atoms with Crippen molar-refractivity contribution in [1.29, 1.82) is 0 Å². The van der Waals surface area contributed by atoms with E-state index in [9.17, 15) is 0 Å². The van der Waals surface area contributed by atoms with Crippen molar-refractivity contribution in [3.8, 4) is 0 Å². The molecule has 0 spiro atoms. The maximum atomic E-state index is 5.33. The Bertz CT molecular complexity index is 400. The monoisotopic (exact) mass is 247 g/mol. The van der Waals surface area contributed by atoms with E-state index >= 15 is 0 Å². The van der Waals surface area contributed by atoms with Gasteiger partial charge in [-0.1, -0.05) is 19.9 Å². The molecule has 0 radical (unpaired) electrons. The fourth-order valence-corrected chi connectivity index (χ4v) is 3.03. The zero-order chi connectivity index (χ0) is 13.1. The van der Waals surface area contributed by atoms with Crippen LogP contribution in [0.3, 0.4) is 0 Å². The van der Waals surface area contributed by atoms with Crippen molar-refractivity contribution in [2.75, 3.05) is 25.2 Å². The fraction of sp³-hybridized carbons (Fsp3) is 0.625. The third-order valence-corrected chi connectivity index (χ3v) is 3.94. The number of hydrogen-bond acceptors (Lipinski definition) is 2. The predicted molar refractivity (Wildman–Crippen MR) is 77.5 cm³/mol. The second kappa shape index (κ2) is 5.75. The van der Waals surface area contributed by atoms with Gasteiger partial charge in [0.25, 0.3) is 0 Å². The first kappa shape index (κ1) is 13.4. The topological polar surface area (TPSA) is 12.5 Å². The van der Waals surface area contributed by atoms with E-state index in [1.54, 1.807) is 7.11 Å². The zero-order valence-corrected chi connectivity index (χ0v) is 12.1. The summed E-state index contributed by atoms with van der Waals surface area (Å²) < 4.78 is 5.33. The van der Waals surface area contributed by atoms with Crippen LogP contribution in [0.5, 0.6) is 0 Å². The summed E-state index contributed by atoms with van der Waals surface area (Å²) in [7, 11) is 1.80. The Balaban J connectivity index is 2.20. The van der Waals surface area contributed by atoms with Gasteiger partial charge in [-0.05, 0) is 48.9 Å². The Kier molecular flexibility index (Phi) is 4.28. The number of rotatable bonds is 4. The average molecular weight is 247 g/mol. The SMILES string of the molecule is COC[C@H]1CCCN1c1ccc(C(C)C)c(C)c1. The fourth-order valence-electron chi connectivity index (χ4n) is 3.03. The van der Waals surface area contributed by atoms with Gasteiger partial charge in [-0.2, -0.15) is 0 Å². The number of aryl methyl sites for hydroxylation is 1. The third-order valence-electron chi connectivity index (χ3n) is 3.94. The Morgan fingerprint density at radius 2 is 2.17 bits per heavy atom. The molecule has 0 N–H and O–H groups in total. The van der Waals surface area contributed by atoms with Crippen molar-refractivity contribution < 1.29 is 4.74 Å². The summed E-state index contributed by atoms with van der Waals surface area (Å²) in [5, 5.41) is 0. The molecule has 1 aromatic rings. The Morgan fingerprint density at radius 1 is 1.39 bits per heavy atom. The molecule has 0 amide bonds. The van der Waals surface area contributed by atoms with Crippen LogP contribution in [-0.4, -0.2) is 26.3 Å². The summed E-state index contributed by atoms with van der Waals surface area (Å²) in [5.74, 6) is 0.604. The van der Waals surface area contributed by atoms with Crippen molar-refractivity contribution in [2.24, 2.45) is 0 Å². The lowest BCUT2D eigenvalue weighted by molar-refractivity contribution is 0.181. The number of ether oxygens (including phenoxy) is 1. The van der Waals surface area contributed by atoms with Gasteiger partial charge in [0.05, 0.1) is 12.6 Å². The summed E-state index contributed by atoms with van der Waals surface area (Å²) >= 11 is 0. The Labute approximate surface area is 111 Å². The van der Waals surface area contributed by atoms with E-state index in [-0.39, 0.29) is 0 Å². The maximum Gasteiger partial charge on any atom is 0.0666 e. The van der Waals surface area contributed by atoms with Gasteiger partial charge in [-0.25, -0.2) is 0 Å². The molecule has 100 valence electrons. The van der Waals surface area contributed by atoms with Crippen molar-refractivity contribution in [3.63, 3.8) is 0 Å². The van der Waals surface area contributed by atoms with E-state index in [4.69, 9.17) is 4.74 Å². The van der Waals surface area contributed by atoms with E-state index < -0.39 is 0 Å². The van der Waals surface area contributed by atoms with Crippen LogP contribution in [0.1, 0.15) is 43.7 Å². The Morgan fingerprint density at radius 3 is 2.78 bits per heavy atom. The molecule has 1 atom stereocenters. The minimum atomic E-state index is 0.555. The van der Waals surface area contributed by atoms with E-state index in [1.165, 1.54) is 29.7 Å². The maximum absolute atomic E-state index is 5.33. The quantitative estimate of drug-likeness (QED) is 0.803. The first-order valence-corrected chi connectivity index (χ1v) is 6.99. The van der Waals surface area contributed by atoms with E-state index in [0.717, 1.165) is 13.2 Å². The van der Waals surface area contributed by atoms with Gasteiger partial charge in [0.15, 0.2) is 0 Å².